The lowest BCUT2D eigenvalue weighted by atomic mass is 9.89. The zero-order valence-corrected chi connectivity index (χ0v) is 9.86. The van der Waals surface area contributed by atoms with Gasteiger partial charge in [0.15, 0.2) is 0 Å². The molecule has 4 heteroatoms. The van der Waals surface area contributed by atoms with Crippen LogP contribution in [-0.4, -0.2) is 33.7 Å². The highest BCUT2D eigenvalue weighted by molar-refractivity contribution is 8.00. The molecule has 0 spiro atoms. The van der Waals surface area contributed by atoms with Crippen molar-refractivity contribution in [1.82, 2.24) is 5.32 Å². The van der Waals surface area contributed by atoms with Crippen LogP contribution in [0.5, 0.6) is 0 Å². The van der Waals surface area contributed by atoms with E-state index in [0.29, 0.717) is 0 Å². The van der Waals surface area contributed by atoms with E-state index in [1.165, 1.54) is 0 Å². The van der Waals surface area contributed by atoms with Gasteiger partial charge in [-0.2, -0.15) is 11.8 Å². The largest absolute Gasteiger partial charge is 0.480 e. The Morgan fingerprint density at radius 1 is 1.64 bits per heavy atom. The number of hydrogen-bond acceptors (Lipinski definition) is 3. The SMILES string of the molecule is CC(C)NC1(C(=O)O)CCCSC1C. The van der Waals surface area contributed by atoms with E-state index in [0.717, 1.165) is 18.6 Å². The van der Waals surface area contributed by atoms with Gasteiger partial charge in [0, 0.05) is 11.3 Å². The summed E-state index contributed by atoms with van der Waals surface area (Å²) >= 11 is 1.75. The highest BCUT2D eigenvalue weighted by Gasteiger charge is 2.45. The molecule has 14 heavy (non-hydrogen) atoms. The van der Waals surface area contributed by atoms with Crippen LogP contribution < -0.4 is 5.32 Å². The van der Waals surface area contributed by atoms with Crippen molar-refractivity contribution >= 4 is 17.7 Å². The lowest BCUT2D eigenvalue weighted by molar-refractivity contribution is -0.145. The number of carbonyl (C=O) groups is 1. The third-order valence-corrected chi connectivity index (χ3v) is 4.13. The molecule has 0 aromatic heterocycles. The Kier molecular flexibility index (Phi) is 3.84. The molecule has 1 fully saturated rings. The minimum Gasteiger partial charge on any atom is -0.480 e. The predicted molar refractivity (Wildman–Crippen MR) is 59.8 cm³/mol. The van der Waals surface area contributed by atoms with Crippen molar-refractivity contribution in [2.45, 2.75) is 50.4 Å². The fraction of sp³-hybridized carbons (Fsp3) is 0.900. The van der Waals surface area contributed by atoms with Gasteiger partial charge < -0.3 is 5.11 Å². The molecule has 0 aromatic carbocycles. The van der Waals surface area contributed by atoms with E-state index in [-0.39, 0.29) is 11.3 Å². The van der Waals surface area contributed by atoms with Crippen LogP contribution in [0.25, 0.3) is 0 Å². The number of carboxylic acid groups (broad SMARTS) is 1. The quantitative estimate of drug-likeness (QED) is 0.756. The summed E-state index contributed by atoms with van der Waals surface area (Å²) in [6.45, 7) is 6.00. The average molecular weight is 217 g/mol. The van der Waals surface area contributed by atoms with Gasteiger partial charge in [0.05, 0.1) is 0 Å². The summed E-state index contributed by atoms with van der Waals surface area (Å²) in [6, 6.07) is 0.215. The first kappa shape index (κ1) is 11.9. The molecule has 0 radical (unpaired) electrons. The van der Waals surface area contributed by atoms with E-state index < -0.39 is 11.5 Å². The third-order valence-electron chi connectivity index (χ3n) is 2.71. The van der Waals surface area contributed by atoms with Crippen molar-refractivity contribution in [2.24, 2.45) is 0 Å². The maximum atomic E-state index is 11.3. The molecule has 0 saturated carbocycles. The molecular formula is C10H19NO2S. The minimum absolute atomic E-state index is 0.149. The molecule has 3 nitrogen and oxygen atoms in total. The van der Waals surface area contributed by atoms with Crippen LogP contribution >= 0.6 is 11.8 Å². The number of hydrogen-bond donors (Lipinski definition) is 2. The maximum absolute atomic E-state index is 11.3. The summed E-state index contributed by atoms with van der Waals surface area (Å²) < 4.78 is 0. The smallest absolute Gasteiger partial charge is 0.325 e. The molecule has 1 aliphatic rings. The first-order valence-electron chi connectivity index (χ1n) is 5.12. The van der Waals surface area contributed by atoms with Gasteiger partial charge in [0.1, 0.15) is 5.54 Å². The second kappa shape index (κ2) is 4.53. The fourth-order valence-electron chi connectivity index (χ4n) is 2.00. The number of aliphatic carboxylic acids is 1. The molecule has 0 bridgehead atoms. The van der Waals surface area contributed by atoms with Gasteiger partial charge in [-0.3, -0.25) is 10.1 Å². The van der Waals surface area contributed by atoms with E-state index >= 15 is 0 Å². The van der Waals surface area contributed by atoms with Crippen LogP contribution in [0.1, 0.15) is 33.6 Å². The van der Waals surface area contributed by atoms with Gasteiger partial charge >= 0.3 is 5.97 Å². The monoisotopic (exact) mass is 217 g/mol. The molecule has 1 rings (SSSR count). The third kappa shape index (κ3) is 2.23. The second-order valence-corrected chi connectivity index (χ2v) is 5.64. The lowest BCUT2D eigenvalue weighted by Crippen LogP contribution is -2.61. The van der Waals surface area contributed by atoms with Crippen molar-refractivity contribution in [1.29, 1.82) is 0 Å². The molecule has 2 atom stereocenters. The van der Waals surface area contributed by atoms with Crippen LogP contribution in [-0.2, 0) is 4.79 Å². The van der Waals surface area contributed by atoms with Crippen LogP contribution in [0.3, 0.4) is 0 Å². The topological polar surface area (TPSA) is 49.3 Å². The normalized spacial score (nSPS) is 33.3. The molecule has 2 unspecified atom stereocenters. The Morgan fingerprint density at radius 2 is 2.29 bits per heavy atom. The molecule has 0 aliphatic carbocycles. The van der Waals surface area contributed by atoms with Gasteiger partial charge in [-0.15, -0.1) is 0 Å². The molecule has 82 valence electrons. The Labute approximate surface area is 89.6 Å². The van der Waals surface area contributed by atoms with Gasteiger partial charge in [-0.05, 0) is 32.4 Å². The molecule has 2 N–H and O–H groups in total. The summed E-state index contributed by atoms with van der Waals surface area (Å²) in [5.41, 5.74) is -0.711. The maximum Gasteiger partial charge on any atom is 0.325 e. The van der Waals surface area contributed by atoms with E-state index in [2.05, 4.69) is 5.32 Å². The molecule has 1 aliphatic heterocycles. The first-order valence-corrected chi connectivity index (χ1v) is 6.16. The zero-order valence-electron chi connectivity index (χ0n) is 9.04. The molecular weight excluding hydrogens is 198 g/mol. The van der Waals surface area contributed by atoms with Crippen LogP contribution in [0.2, 0.25) is 0 Å². The Morgan fingerprint density at radius 3 is 2.71 bits per heavy atom. The number of rotatable bonds is 3. The summed E-state index contributed by atoms with van der Waals surface area (Å²) in [5, 5.41) is 12.7. The first-order chi connectivity index (χ1) is 6.49. The van der Waals surface area contributed by atoms with Crippen molar-refractivity contribution < 1.29 is 9.90 Å². The van der Waals surface area contributed by atoms with Gasteiger partial charge in [0.25, 0.3) is 0 Å². The predicted octanol–water partition coefficient (Wildman–Crippen LogP) is 1.72. The lowest BCUT2D eigenvalue weighted by Gasteiger charge is -2.40. The molecule has 1 saturated heterocycles. The van der Waals surface area contributed by atoms with E-state index in [4.69, 9.17) is 0 Å². The van der Waals surface area contributed by atoms with Crippen molar-refractivity contribution in [3.8, 4) is 0 Å². The summed E-state index contributed by atoms with van der Waals surface area (Å²) in [5.74, 6) is 0.376. The Balaban J connectivity index is 2.83. The van der Waals surface area contributed by atoms with Gasteiger partial charge in [0.2, 0.25) is 0 Å². The minimum atomic E-state index is -0.711. The summed E-state index contributed by atoms with van der Waals surface area (Å²) in [7, 11) is 0. The number of carboxylic acids is 1. The highest BCUT2D eigenvalue weighted by atomic mass is 32.2. The highest BCUT2D eigenvalue weighted by Crippen LogP contribution is 2.34. The summed E-state index contributed by atoms with van der Waals surface area (Å²) in [4.78, 5) is 11.3. The Hall–Kier alpha value is -0.220. The van der Waals surface area contributed by atoms with E-state index in [1.807, 2.05) is 20.8 Å². The Bertz CT molecular complexity index is 220. The van der Waals surface area contributed by atoms with Crippen molar-refractivity contribution in [3.05, 3.63) is 0 Å². The molecule has 1 heterocycles. The zero-order chi connectivity index (χ0) is 10.8. The number of thioether (sulfide) groups is 1. The van der Waals surface area contributed by atoms with Crippen molar-refractivity contribution in [3.63, 3.8) is 0 Å². The van der Waals surface area contributed by atoms with E-state index in [9.17, 15) is 9.90 Å². The van der Waals surface area contributed by atoms with Crippen LogP contribution in [0.15, 0.2) is 0 Å². The van der Waals surface area contributed by atoms with Gasteiger partial charge in [-0.1, -0.05) is 6.92 Å². The number of nitrogens with one attached hydrogen (secondary N) is 1. The standard InChI is InChI=1S/C10H19NO2S/c1-7(2)11-10(9(12)13)5-4-6-14-8(10)3/h7-8,11H,4-6H2,1-3H3,(H,12,13). The van der Waals surface area contributed by atoms with Gasteiger partial charge in [-0.25, -0.2) is 0 Å². The summed E-state index contributed by atoms with van der Waals surface area (Å²) in [6.07, 6.45) is 1.73. The van der Waals surface area contributed by atoms with Crippen molar-refractivity contribution in [2.75, 3.05) is 5.75 Å². The molecule has 0 amide bonds. The van der Waals surface area contributed by atoms with Crippen LogP contribution in [0, 0.1) is 0 Å². The fourth-order valence-corrected chi connectivity index (χ4v) is 3.24. The van der Waals surface area contributed by atoms with E-state index in [1.54, 1.807) is 11.8 Å². The van der Waals surface area contributed by atoms with Crippen LogP contribution in [0.4, 0.5) is 0 Å². The second-order valence-electron chi connectivity index (χ2n) is 4.19. The average Bonchev–Trinajstić information content (AvgIpc) is 2.08. The molecule has 0 aromatic rings.